The minimum absolute atomic E-state index is 0.329. The highest BCUT2D eigenvalue weighted by Gasteiger charge is 2.19. The van der Waals surface area contributed by atoms with Crippen LogP contribution in [0.3, 0.4) is 0 Å². The molecule has 0 aliphatic rings. The summed E-state index contributed by atoms with van der Waals surface area (Å²) in [6.07, 6.45) is 0. The summed E-state index contributed by atoms with van der Waals surface area (Å²) in [6.45, 7) is 5.03. The molecular weight excluding hydrogens is 624 g/mol. The molecule has 0 aliphatic carbocycles. The molecule has 50 heavy (non-hydrogen) atoms. The zero-order valence-electron chi connectivity index (χ0n) is 27.6. The smallest absolute Gasteiger partial charge is 0.256 e. The van der Waals surface area contributed by atoms with Gasteiger partial charge >= 0.3 is 0 Å². The highest BCUT2D eigenvalue weighted by molar-refractivity contribution is 6.17. The van der Waals surface area contributed by atoms with Crippen LogP contribution in [0.15, 0.2) is 133 Å². The van der Waals surface area contributed by atoms with Gasteiger partial charge in [-0.3, -0.25) is 9.59 Å². The Kier molecular flexibility index (Phi) is 9.16. The number of nitrogens with zero attached hydrogens (tertiary/aromatic N) is 2. The second-order valence-electron chi connectivity index (χ2n) is 11.5. The number of carbonyl (C=O) groups is 2. The summed E-state index contributed by atoms with van der Waals surface area (Å²) in [5.74, 6) is 0.871. The van der Waals surface area contributed by atoms with Gasteiger partial charge in [0.25, 0.3) is 11.8 Å². The van der Waals surface area contributed by atoms with Crippen molar-refractivity contribution in [2.45, 2.75) is 13.8 Å². The molecule has 8 heteroatoms. The number of rotatable bonds is 10. The first-order valence-corrected chi connectivity index (χ1v) is 16.5. The first-order chi connectivity index (χ1) is 24.5. The number of para-hydroxylation sites is 4. The largest absolute Gasteiger partial charge is 0.494 e. The van der Waals surface area contributed by atoms with Crippen molar-refractivity contribution < 1.29 is 19.1 Å². The fourth-order valence-corrected chi connectivity index (χ4v) is 5.88. The summed E-state index contributed by atoms with van der Waals surface area (Å²) in [6, 6.07) is 41.1. The van der Waals surface area contributed by atoms with E-state index in [4.69, 9.17) is 19.4 Å². The van der Waals surface area contributed by atoms with E-state index in [0.717, 1.165) is 22.6 Å². The van der Waals surface area contributed by atoms with Crippen molar-refractivity contribution in [2.24, 2.45) is 0 Å². The first-order valence-electron chi connectivity index (χ1n) is 16.5. The van der Waals surface area contributed by atoms with E-state index in [2.05, 4.69) is 10.6 Å². The monoisotopic (exact) mass is 658 g/mol. The van der Waals surface area contributed by atoms with Crippen molar-refractivity contribution >= 4 is 45.0 Å². The summed E-state index contributed by atoms with van der Waals surface area (Å²) < 4.78 is 11.2. The van der Waals surface area contributed by atoms with Gasteiger partial charge < -0.3 is 20.1 Å². The van der Waals surface area contributed by atoms with Crippen LogP contribution < -0.4 is 20.1 Å². The predicted molar refractivity (Wildman–Crippen MR) is 199 cm³/mol. The van der Waals surface area contributed by atoms with Crippen LogP contribution >= 0.6 is 0 Å². The number of ether oxygens (including phenoxy) is 2. The molecule has 7 aromatic rings. The third-order valence-corrected chi connectivity index (χ3v) is 8.27. The number of hydrogen-bond acceptors (Lipinski definition) is 6. The predicted octanol–water partition coefficient (Wildman–Crippen LogP) is 9.42. The van der Waals surface area contributed by atoms with E-state index in [9.17, 15) is 9.59 Å². The highest BCUT2D eigenvalue weighted by Crippen LogP contribution is 2.31. The fourth-order valence-electron chi connectivity index (χ4n) is 5.88. The Balaban J connectivity index is 1.19. The van der Waals surface area contributed by atoms with Crippen LogP contribution in [-0.4, -0.2) is 35.0 Å². The number of benzene rings is 5. The lowest BCUT2D eigenvalue weighted by atomic mass is 10.0. The number of fused-ring (bicyclic) bond motifs is 2. The van der Waals surface area contributed by atoms with Crippen LogP contribution in [0.2, 0.25) is 0 Å². The van der Waals surface area contributed by atoms with Crippen LogP contribution in [-0.2, 0) is 0 Å². The Bertz CT molecular complexity index is 2170. The van der Waals surface area contributed by atoms with E-state index >= 15 is 0 Å². The number of anilines is 2. The van der Waals surface area contributed by atoms with Gasteiger partial charge in [0.2, 0.25) is 0 Å². The second kappa shape index (κ2) is 14.3. The van der Waals surface area contributed by atoms with Crippen molar-refractivity contribution in [1.82, 2.24) is 9.97 Å². The third kappa shape index (κ3) is 6.73. The molecular formula is C42H34N4O4. The van der Waals surface area contributed by atoms with Crippen LogP contribution in [0, 0.1) is 0 Å². The van der Waals surface area contributed by atoms with Gasteiger partial charge in [-0.1, -0.05) is 48.5 Å². The molecule has 246 valence electrons. The van der Waals surface area contributed by atoms with Crippen LogP contribution in [0.4, 0.5) is 11.4 Å². The molecule has 0 atom stereocenters. The molecule has 7 rings (SSSR count). The SMILES string of the molecule is CCOc1ccc(-c2cc(C(=O)Nc3ccccc3NC(=O)c3cc(-c4ccc(OCC)cc4)nc4ccccc34)c3ccccc3n2)cc1. The molecule has 0 unspecified atom stereocenters. The Labute approximate surface area is 289 Å². The van der Waals surface area contributed by atoms with E-state index in [0.29, 0.717) is 68.9 Å². The van der Waals surface area contributed by atoms with E-state index in [1.165, 1.54) is 0 Å². The maximum Gasteiger partial charge on any atom is 0.256 e. The molecule has 8 nitrogen and oxygen atoms in total. The number of carbonyl (C=O) groups excluding carboxylic acids is 2. The van der Waals surface area contributed by atoms with E-state index < -0.39 is 0 Å². The minimum Gasteiger partial charge on any atom is -0.494 e. The maximum absolute atomic E-state index is 14.0. The van der Waals surface area contributed by atoms with Gasteiger partial charge in [0.1, 0.15) is 11.5 Å². The Morgan fingerprint density at radius 3 is 1.30 bits per heavy atom. The molecule has 5 aromatic carbocycles. The van der Waals surface area contributed by atoms with Gasteiger partial charge in [-0.2, -0.15) is 0 Å². The number of nitrogens with one attached hydrogen (secondary N) is 2. The molecule has 2 N–H and O–H groups in total. The van der Waals surface area contributed by atoms with E-state index in [1.54, 1.807) is 24.3 Å². The van der Waals surface area contributed by atoms with Gasteiger partial charge in [-0.15, -0.1) is 0 Å². The highest BCUT2D eigenvalue weighted by atomic mass is 16.5. The Morgan fingerprint density at radius 1 is 0.520 bits per heavy atom. The maximum atomic E-state index is 14.0. The fraction of sp³-hybridized carbons (Fsp3) is 0.0952. The zero-order chi connectivity index (χ0) is 34.5. The molecule has 0 radical (unpaired) electrons. The lowest BCUT2D eigenvalue weighted by Gasteiger charge is -2.15. The molecule has 0 aliphatic heterocycles. The molecule has 2 amide bonds. The van der Waals surface area contributed by atoms with Crippen molar-refractivity contribution in [2.75, 3.05) is 23.8 Å². The van der Waals surface area contributed by atoms with Gasteiger partial charge in [-0.05, 0) is 98.8 Å². The lowest BCUT2D eigenvalue weighted by molar-refractivity contribution is 0.101. The van der Waals surface area contributed by atoms with Crippen LogP contribution in [0.25, 0.3) is 44.3 Å². The van der Waals surface area contributed by atoms with Crippen LogP contribution in [0.5, 0.6) is 11.5 Å². The van der Waals surface area contributed by atoms with E-state index in [1.807, 2.05) is 123 Å². The molecule has 2 heterocycles. The Morgan fingerprint density at radius 2 is 0.900 bits per heavy atom. The van der Waals surface area contributed by atoms with Crippen molar-refractivity contribution in [3.05, 3.63) is 145 Å². The first kappa shape index (κ1) is 32.0. The molecule has 2 aromatic heterocycles. The second-order valence-corrected chi connectivity index (χ2v) is 11.5. The molecule has 0 bridgehead atoms. The van der Waals surface area contributed by atoms with Crippen molar-refractivity contribution in [3.8, 4) is 34.0 Å². The number of amides is 2. The summed E-state index contributed by atoms with van der Waals surface area (Å²) in [5, 5.41) is 7.52. The minimum atomic E-state index is -0.329. The van der Waals surface area contributed by atoms with Gasteiger partial charge in [0.15, 0.2) is 0 Å². The number of pyridine rings is 2. The number of aromatic nitrogens is 2. The van der Waals surface area contributed by atoms with Gasteiger partial charge in [-0.25, -0.2) is 9.97 Å². The normalized spacial score (nSPS) is 10.9. The van der Waals surface area contributed by atoms with Gasteiger partial charge in [0.05, 0.1) is 58.1 Å². The van der Waals surface area contributed by atoms with E-state index in [-0.39, 0.29) is 11.8 Å². The standard InChI is InChI=1S/C42H34N4O4/c1-3-49-29-21-17-27(18-22-29)39-25-33(31-11-5-7-13-35(31)43-39)41(47)45-37-15-9-10-16-38(37)46-42(48)34-26-40(44-36-14-8-6-12-32(34)36)28-19-23-30(24-20-28)50-4-2/h5-26H,3-4H2,1-2H3,(H,45,47)(H,46,48). The quantitative estimate of drug-likeness (QED) is 0.152. The molecule has 0 saturated heterocycles. The summed E-state index contributed by atoms with van der Waals surface area (Å²) >= 11 is 0. The molecule has 0 fully saturated rings. The van der Waals surface area contributed by atoms with Crippen molar-refractivity contribution in [1.29, 1.82) is 0 Å². The average Bonchev–Trinajstić information content (AvgIpc) is 3.15. The molecule has 0 saturated carbocycles. The lowest BCUT2D eigenvalue weighted by Crippen LogP contribution is -2.17. The van der Waals surface area contributed by atoms with Gasteiger partial charge in [0, 0.05) is 21.9 Å². The summed E-state index contributed by atoms with van der Waals surface area (Å²) in [4.78, 5) is 37.7. The average molecular weight is 659 g/mol. The number of hydrogen-bond donors (Lipinski definition) is 2. The summed E-state index contributed by atoms with van der Waals surface area (Å²) in [7, 11) is 0. The summed E-state index contributed by atoms with van der Waals surface area (Å²) in [5.41, 5.74) is 6.25. The van der Waals surface area contributed by atoms with Crippen LogP contribution in [0.1, 0.15) is 34.6 Å². The Hall–Kier alpha value is -6.54. The topological polar surface area (TPSA) is 102 Å². The zero-order valence-corrected chi connectivity index (χ0v) is 27.6. The molecule has 0 spiro atoms. The van der Waals surface area contributed by atoms with Crippen molar-refractivity contribution in [3.63, 3.8) is 0 Å². The third-order valence-electron chi connectivity index (χ3n) is 8.27.